The predicted octanol–water partition coefficient (Wildman–Crippen LogP) is 3.07. The van der Waals surface area contributed by atoms with E-state index in [9.17, 15) is 13.6 Å². The first kappa shape index (κ1) is 14.5. The number of imidazole rings is 1. The number of hydrogen-bond acceptors (Lipinski definition) is 3. The van der Waals surface area contributed by atoms with Crippen molar-refractivity contribution in [2.45, 2.75) is 32.3 Å². The zero-order valence-electron chi connectivity index (χ0n) is 12.1. The van der Waals surface area contributed by atoms with E-state index < -0.39 is 12.0 Å². The monoisotopic (exact) mass is 307 g/mol. The minimum Gasteiger partial charge on any atom is -0.484 e. The molecular weight excluding hydrogens is 292 g/mol. The summed E-state index contributed by atoms with van der Waals surface area (Å²) >= 11 is 0. The fraction of sp³-hybridized carbons (Fsp3) is 0.333. The largest absolute Gasteiger partial charge is 0.484 e. The number of carbonyl (C=O) groups is 1. The second-order valence-electron chi connectivity index (χ2n) is 5.35. The Kier molecular flexibility index (Phi) is 3.35. The summed E-state index contributed by atoms with van der Waals surface area (Å²) in [6.45, 7) is 3.69. The molecule has 0 saturated heterocycles. The van der Waals surface area contributed by atoms with Crippen LogP contribution in [0, 0.1) is 13.8 Å². The summed E-state index contributed by atoms with van der Waals surface area (Å²) in [5.41, 5.74) is 2.08. The van der Waals surface area contributed by atoms with Crippen LogP contribution in [-0.2, 0) is 0 Å². The summed E-state index contributed by atoms with van der Waals surface area (Å²) in [4.78, 5) is 19.2. The quantitative estimate of drug-likeness (QED) is 0.912. The SMILES string of the molecule is Cc1nc(NC(=O)c2ccc(OC3CC3(F)F)cc2)[nH]c1C. The molecule has 1 amide bonds. The van der Waals surface area contributed by atoms with Crippen molar-refractivity contribution in [2.75, 3.05) is 5.32 Å². The fourth-order valence-corrected chi connectivity index (χ4v) is 1.95. The third kappa shape index (κ3) is 2.93. The normalized spacial score (nSPS) is 18.8. The predicted molar refractivity (Wildman–Crippen MR) is 76.4 cm³/mol. The molecule has 0 bridgehead atoms. The number of ether oxygens (including phenoxy) is 1. The van der Waals surface area contributed by atoms with Crippen LogP contribution in [0.2, 0.25) is 0 Å². The van der Waals surface area contributed by atoms with Crippen LogP contribution in [0.5, 0.6) is 5.75 Å². The van der Waals surface area contributed by atoms with Crippen LogP contribution in [0.25, 0.3) is 0 Å². The van der Waals surface area contributed by atoms with E-state index in [0.717, 1.165) is 11.4 Å². The molecule has 1 heterocycles. The zero-order valence-corrected chi connectivity index (χ0v) is 12.1. The first-order chi connectivity index (χ1) is 10.3. The summed E-state index contributed by atoms with van der Waals surface area (Å²) in [5, 5.41) is 2.64. The van der Waals surface area contributed by atoms with Gasteiger partial charge in [0, 0.05) is 11.3 Å². The molecule has 1 unspecified atom stereocenters. The van der Waals surface area contributed by atoms with E-state index in [0.29, 0.717) is 17.3 Å². The summed E-state index contributed by atoms with van der Waals surface area (Å²) in [6, 6.07) is 6.05. The number of rotatable bonds is 4. The van der Waals surface area contributed by atoms with Crippen LogP contribution in [0.4, 0.5) is 14.7 Å². The van der Waals surface area contributed by atoms with Crippen LogP contribution in [0.15, 0.2) is 24.3 Å². The number of benzene rings is 1. The lowest BCUT2D eigenvalue weighted by Gasteiger charge is -2.06. The highest BCUT2D eigenvalue weighted by Gasteiger charge is 2.59. The molecule has 1 aliphatic carbocycles. The van der Waals surface area contributed by atoms with E-state index in [2.05, 4.69) is 15.3 Å². The van der Waals surface area contributed by atoms with Crippen molar-refractivity contribution in [2.24, 2.45) is 0 Å². The van der Waals surface area contributed by atoms with Gasteiger partial charge in [-0.2, -0.15) is 0 Å². The van der Waals surface area contributed by atoms with Crippen molar-refractivity contribution >= 4 is 11.9 Å². The van der Waals surface area contributed by atoms with Crippen LogP contribution >= 0.6 is 0 Å². The Morgan fingerprint density at radius 1 is 1.36 bits per heavy atom. The van der Waals surface area contributed by atoms with E-state index in [1.54, 1.807) is 0 Å². The first-order valence-corrected chi connectivity index (χ1v) is 6.84. The van der Waals surface area contributed by atoms with Crippen LogP contribution in [-0.4, -0.2) is 27.9 Å². The molecule has 0 radical (unpaired) electrons. The molecule has 2 aromatic rings. The Morgan fingerprint density at radius 2 is 2.00 bits per heavy atom. The van der Waals surface area contributed by atoms with E-state index >= 15 is 0 Å². The maximum Gasteiger partial charge on any atom is 0.288 e. The van der Waals surface area contributed by atoms with E-state index in [1.807, 2.05) is 13.8 Å². The van der Waals surface area contributed by atoms with Gasteiger partial charge in [0.15, 0.2) is 6.10 Å². The number of halogens is 2. The molecule has 1 saturated carbocycles. The molecule has 1 aromatic heterocycles. The summed E-state index contributed by atoms with van der Waals surface area (Å²) in [7, 11) is 0. The number of hydrogen-bond donors (Lipinski definition) is 2. The molecule has 1 fully saturated rings. The molecule has 1 atom stereocenters. The topological polar surface area (TPSA) is 67.0 Å². The van der Waals surface area contributed by atoms with Gasteiger partial charge in [0.05, 0.1) is 12.1 Å². The molecule has 3 rings (SSSR count). The number of H-pyrrole nitrogens is 1. The smallest absolute Gasteiger partial charge is 0.288 e. The van der Waals surface area contributed by atoms with Crippen LogP contribution in [0.3, 0.4) is 0 Å². The van der Waals surface area contributed by atoms with Gasteiger partial charge in [-0.1, -0.05) is 0 Å². The van der Waals surface area contributed by atoms with Crippen LogP contribution in [0.1, 0.15) is 28.2 Å². The highest BCUT2D eigenvalue weighted by atomic mass is 19.3. The Labute approximate surface area is 125 Å². The van der Waals surface area contributed by atoms with Crippen molar-refractivity contribution in [3.05, 3.63) is 41.2 Å². The van der Waals surface area contributed by atoms with Gasteiger partial charge in [-0.05, 0) is 38.1 Å². The maximum absolute atomic E-state index is 12.8. The van der Waals surface area contributed by atoms with Gasteiger partial charge in [-0.3, -0.25) is 10.1 Å². The lowest BCUT2D eigenvalue weighted by molar-refractivity contribution is 0.0665. The lowest BCUT2D eigenvalue weighted by atomic mass is 10.2. The molecule has 5 nitrogen and oxygen atoms in total. The summed E-state index contributed by atoms with van der Waals surface area (Å²) < 4.78 is 30.6. The lowest BCUT2D eigenvalue weighted by Crippen LogP contribution is -2.13. The molecule has 116 valence electrons. The zero-order chi connectivity index (χ0) is 15.9. The second kappa shape index (κ2) is 5.08. The molecular formula is C15H15F2N3O2. The first-order valence-electron chi connectivity index (χ1n) is 6.84. The number of aryl methyl sites for hydroxylation is 2. The molecule has 1 aliphatic rings. The second-order valence-corrected chi connectivity index (χ2v) is 5.35. The number of aromatic amines is 1. The maximum atomic E-state index is 12.8. The number of carbonyl (C=O) groups excluding carboxylic acids is 1. The van der Waals surface area contributed by atoms with Gasteiger partial charge >= 0.3 is 0 Å². The Bertz CT molecular complexity index is 691. The molecule has 2 N–H and O–H groups in total. The highest BCUT2D eigenvalue weighted by molar-refractivity contribution is 6.03. The molecule has 0 aliphatic heterocycles. The van der Waals surface area contributed by atoms with Crippen LogP contribution < -0.4 is 10.1 Å². The van der Waals surface area contributed by atoms with Gasteiger partial charge in [-0.25, -0.2) is 13.8 Å². The standard InChI is InChI=1S/C15H15F2N3O2/c1-8-9(2)19-14(18-8)20-13(21)10-3-5-11(6-4-10)22-12-7-15(12,16)17/h3-6,12H,7H2,1-2H3,(H2,18,19,20,21). The molecule has 0 spiro atoms. The minimum atomic E-state index is -2.73. The third-order valence-corrected chi connectivity index (χ3v) is 3.52. The van der Waals surface area contributed by atoms with Gasteiger partial charge in [-0.15, -0.1) is 0 Å². The van der Waals surface area contributed by atoms with Gasteiger partial charge < -0.3 is 9.72 Å². The number of alkyl halides is 2. The molecule has 22 heavy (non-hydrogen) atoms. The highest BCUT2D eigenvalue weighted by Crippen LogP contribution is 2.44. The van der Waals surface area contributed by atoms with Gasteiger partial charge in [0.1, 0.15) is 5.75 Å². The fourth-order valence-electron chi connectivity index (χ4n) is 1.95. The van der Waals surface area contributed by atoms with Crippen molar-refractivity contribution in [1.82, 2.24) is 9.97 Å². The van der Waals surface area contributed by atoms with Crippen molar-refractivity contribution < 1.29 is 18.3 Å². The number of nitrogens with zero attached hydrogens (tertiary/aromatic N) is 1. The summed E-state index contributed by atoms with van der Waals surface area (Å²) in [6.07, 6.45) is -1.31. The molecule has 7 heteroatoms. The molecule has 1 aromatic carbocycles. The van der Waals surface area contributed by atoms with Crippen molar-refractivity contribution in [3.8, 4) is 5.75 Å². The Balaban J connectivity index is 1.63. The number of amides is 1. The number of aromatic nitrogens is 2. The summed E-state index contributed by atoms with van der Waals surface area (Å²) in [5.74, 6) is -2.37. The average Bonchev–Trinajstić information content (AvgIpc) is 2.92. The van der Waals surface area contributed by atoms with Crippen molar-refractivity contribution in [1.29, 1.82) is 0 Å². The Hall–Kier alpha value is -2.44. The Morgan fingerprint density at radius 3 is 2.50 bits per heavy atom. The van der Waals surface area contributed by atoms with Gasteiger partial charge in [0.25, 0.3) is 11.8 Å². The van der Waals surface area contributed by atoms with Gasteiger partial charge in [0.2, 0.25) is 5.95 Å². The van der Waals surface area contributed by atoms with E-state index in [4.69, 9.17) is 4.74 Å². The number of nitrogens with one attached hydrogen (secondary N) is 2. The number of anilines is 1. The third-order valence-electron chi connectivity index (χ3n) is 3.52. The van der Waals surface area contributed by atoms with E-state index in [-0.39, 0.29) is 12.3 Å². The van der Waals surface area contributed by atoms with Crippen molar-refractivity contribution in [3.63, 3.8) is 0 Å². The minimum absolute atomic E-state index is 0.258. The average molecular weight is 307 g/mol. The van der Waals surface area contributed by atoms with E-state index in [1.165, 1.54) is 24.3 Å².